The summed E-state index contributed by atoms with van der Waals surface area (Å²) in [6, 6.07) is 3.35. The van der Waals surface area contributed by atoms with Gasteiger partial charge < -0.3 is 31.9 Å². The number of carboxylic acids is 1. The highest BCUT2D eigenvalue weighted by molar-refractivity contribution is 7.98. The monoisotopic (exact) mass is 468 g/mol. The number of benzene rings is 1. The van der Waals surface area contributed by atoms with Gasteiger partial charge in [-0.1, -0.05) is 26.0 Å². The van der Waals surface area contributed by atoms with Crippen LogP contribution in [0.4, 0.5) is 0 Å². The van der Waals surface area contributed by atoms with Crippen LogP contribution in [0, 0.1) is 5.92 Å². The van der Waals surface area contributed by atoms with Gasteiger partial charge in [0.15, 0.2) is 0 Å². The highest BCUT2D eigenvalue weighted by Gasteiger charge is 2.29. The lowest BCUT2D eigenvalue weighted by Crippen LogP contribution is -2.57. The topological polar surface area (TPSA) is 171 Å². The van der Waals surface area contributed by atoms with E-state index in [0.717, 1.165) is 0 Å². The number of nitrogens with one attached hydrogen (secondary N) is 3. The van der Waals surface area contributed by atoms with Gasteiger partial charge in [0.1, 0.15) is 24.4 Å². The quantitative estimate of drug-likeness (QED) is 0.232. The van der Waals surface area contributed by atoms with Crippen molar-refractivity contribution >= 4 is 35.5 Å². The Labute approximate surface area is 191 Å². The molecule has 1 rings (SSSR count). The van der Waals surface area contributed by atoms with Crippen LogP contribution in [0.2, 0.25) is 0 Å². The molecular weight excluding hydrogens is 436 g/mol. The first kappa shape index (κ1) is 27.2. The molecule has 7 N–H and O–H groups in total. The Morgan fingerprint density at radius 1 is 1.00 bits per heavy atom. The molecule has 1 aromatic rings. The van der Waals surface area contributed by atoms with E-state index in [0.29, 0.717) is 11.3 Å². The normalized spacial score (nSPS) is 13.7. The second-order valence-electron chi connectivity index (χ2n) is 7.66. The van der Waals surface area contributed by atoms with Crippen LogP contribution < -0.4 is 21.7 Å². The number of carbonyl (C=O) groups is 4. The number of carbonyl (C=O) groups excluding carboxylic acids is 3. The lowest BCUT2D eigenvalue weighted by molar-refractivity contribution is -0.138. The van der Waals surface area contributed by atoms with Crippen LogP contribution >= 0.6 is 11.8 Å². The average Bonchev–Trinajstić information content (AvgIpc) is 2.74. The van der Waals surface area contributed by atoms with E-state index in [1.807, 2.05) is 6.26 Å². The van der Waals surface area contributed by atoms with Gasteiger partial charge in [-0.15, -0.1) is 0 Å². The average molecular weight is 469 g/mol. The molecule has 0 aliphatic heterocycles. The standard InChI is InChI=1S/C21H32N4O6S/c1-12(2)18(22)21(31)25-16(10-13-4-6-14(26)7-5-13)20(30)24-15(8-9-32-3)19(29)23-11-17(27)28/h4-7,12,15-16,18,26H,8-11,22H2,1-3H3,(H,23,29)(H,24,30)(H,25,31)(H,27,28). The third-order valence-electron chi connectivity index (χ3n) is 4.69. The minimum absolute atomic E-state index is 0.0628. The van der Waals surface area contributed by atoms with Crippen LogP contribution in [0.25, 0.3) is 0 Å². The molecule has 178 valence electrons. The number of aromatic hydroxyl groups is 1. The molecule has 0 aromatic heterocycles. The molecule has 0 radical (unpaired) electrons. The summed E-state index contributed by atoms with van der Waals surface area (Å²) in [5.74, 6) is -2.46. The van der Waals surface area contributed by atoms with E-state index >= 15 is 0 Å². The van der Waals surface area contributed by atoms with Crippen molar-refractivity contribution in [2.45, 2.75) is 44.8 Å². The fraction of sp³-hybridized carbons (Fsp3) is 0.524. The molecule has 3 atom stereocenters. The minimum atomic E-state index is -1.20. The maximum absolute atomic E-state index is 13.0. The molecule has 0 heterocycles. The van der Waals surface area contributed by atoms with Crippen molar-refractivity contribution in [2.75, 3.05) is 18.6 Å². The zero-order valence-corrected chi connectivity index (χ0v) is 19.3. The first-order valence-corrected chi connectivity index (χ1v) is 11.6. The fourth-order valence-corrected chi connectivity index (χ4v) is 3.18. The van der Waals surface area contributed by atoms with E-state index in [2.05, 4.69) is 16.0 Å². The zero-order chi connectivity index (χ0) is 24.3. The molecule has 0 aliphatic rings. The Bertz CT molecular complexity index is 787. The Balaban J connectivity index is 3.02. The summed E-state index contributed by atoms with van der Waals surface area (Å²) in [6.45, 7) is 3.00. The number of nitrogens with two attached hydrogens (primary N) is 1. The fourth-order valence-electron chi connectivity index (χ4n) is 2.71. The Kier molecular flexibility index (Phi) is 11.6. The van der Waals surface area contributed by atoms with Crippen molar-refractivity contribution in [3.8, 4) is 5.75 Å². The van der Waals surface area contributed by atoms with Gasteiger partial charge >= 0.3 is 5.97 Å². The summed E-state index contributed by atoms with van der Waals surface area (Å²) in [7, 11) is 0. The Morgan fingerprint density at radius 3 is 2.12 bits per heavy atom. The third-order valence-corrected chi connectivity index (χ3v) is 5.33. The molecule has 3 amide bonds. The molecule has 11 heteroatoms. The largest absolute Gasteiger partial charge is 0.508 e. The molecule has 0 fully saturated rings. The number of rotatable bonds is 13. The van der Waals surface area contributed by atoms with Crippen LogP contribution in [0.5, 0.6) is 5.75 Å². The number of hydrogen-bond donors (Lipinski definition) is 6. The van der Waals surface area contributed by atoms with Gasteiger partial charge in [0.2, 0.25) is 17.7 Å². The number of phenolic OH excluding ortho intramolecular Hbond substituents is 1. The third kappa shape index (κ3) is 9.56. The summed E-state index contributed by atoms with van der Waals surface area (Å²) in [5, 5.41) is 25.8. The minimum Gasteiger partial charge on any atom is -0.508 e. The first-order chi connectivity index (χ1) is 15.0. The predicted octanol–water partition coefficient (Wildman–Crippen LogP) is -0.158. The second-order valence-corrected chi connectivity index (χ2v) is 8.64. The van der Waals surface area contributed by atoms with Gasteiger partial charge in [-0.3, -0.25) is 19.2 Å². The van der Waals surface area contributed by atoms with Gasteiger partial charge in [0.05, 0.1) is 6.04 Å². The van der Waals surface area contributed by atoms with Crippen molar-refractivity contribution in [3.05, 3.63) is 29.8 Å². The number of aliphatic carboxylic acids is 1. The number of amides is 3. The van der Waals surface area contributed by atoms with Crippen LogP contribution in [0.1, 0.15) is 25.8 Å². The number of hydrogen-bond acceptors (Lipinski definition) is 7. The number of phenols is 1. The van der Waals surface area contributed by atoms with Crippen molar-refractivity contribution in [1.82, 2.24) is 16.0 Å². The van der Waals surface area contributed by atoms with Gasteiger partial charge in [0.25, 0.3) is 0 Å². The SMILES string of the molecule is CSCCC(NC(=O)C(Cc1ccc(O)cc1)NC(=O)C(N)C(C)C)C(=O)NCC(=O)O. The first-order valence-electron chi connectivity index (χ1n) is 10.2. The smallest absolute Gasteiger partial charge is 0.322 e. The second kappa shape index (κ2) is 13.6. The van der Waals surface area contributed by atoms with Crippen molar-refractivity contribution < 1.29 is 29.4 Å². The summed E-state index contributed by atoms with van der Waals surface area (Å²) in [4.78, 5) is 48.7. The molecule has 0 bridgehead atoms. The van der Waals surface area contributed by atoms with Crippen LogP contribution in [-0.4, -0.2) is 70.6 Å². The van der Waals surface area contributed by atoms with Crippen molar-refractivity contribution in [1.29, 1.82) is 0 Å². The number of carboxylic acid groups (broad SMARTS) is 1. The van der Waals surface area contributed by atoms with E-state index in [1.54, 1.807) is 26.0 Å². The highest BCUT2D eigenvalue weighted by Crippen LogP contribution is 2.12. The van der Waals surface area contributed by atoms with Crippen LogP contribution in [0.3, 0.4) is 0 Å². The lowest BCUT2D eigenvalue weighted by atomic mass is 10.0. The molecule has 0 aliphatic carbocycles. The molecule has 0 spiro atoms. The summed E-state index contributed by atoms with van der Waals surface area (Å²) in [5.41, 5.74) is 6.58. The molecule has 3 unspecified atom stereocenters. The maximum Gasteiger partial charge on any atom is 0.322 e. The van der Waals surface area contributed by atoms with E-state index in [1.165, 1.54) is 23.9 Å². The molecular formula is C21H32N4O6S. The molecule has 0 saturated carbocycles. The van der Waals surface area contributed by atoms with Crippen LogP contribution in [-0.2, 0) is 25.6 Å². The molecule has 1 aromatic carbocycles. The van der Waals surface area contributed by atoms with Gasteiger partial charge in [-0.25, -0.2) is 0 Å². The zero-order valence-electron chi connectivity index (χ0n) is 18.5. The lowest BCUT2D eigenvalue weighted by Gasteiger charge is -2.25. The summed E-state index contributed by atoms with van der Waals surface area (Å²) >= 11 is 1.47. The van der Waals surface area contributed by atoms with E-state index in [4.69, 9.17) is 10.8 Å². The molecule has 10 nitrogen and oxygen atoms in total. The van der Waals surface area contributed by atoms with Crippen LogP contribution in [0.15, 0.2) is 24.3 Å². The summed E-state index contributed by atoms with van der Waals surface area (Å²) in [6.07, 6.45) is 2.23. The summed E-state index contributed by atoms with van der Waals surface area (Å²) < 4.78 is 0. The van der Waals surface area contributed by atoms with Crippen molar-refractivity contribution in [2.24, 2.45) is 11.7 Å². The predicted molar refractivity (Wildman–Crippen MR) is 122 cm³/mol. The van der Waals surface area contributed by atoms with Crippen molar-refractivity contribution in [3.63, 3.8) is 0 Å². The highest BCUT2D eigenvalue weighted by atomic mass is 32.2. The van der Waals surface area contributed by atoms with E-state index in [9.17, 15) is 24.3 Å². The van der Waals surface area contributed by atoms with Gasteiger partial charge in [0, 0.05) is 6.42 Å². The van der Waals surface area contributed by atoms with Gasteiger partial charge in [-0.2, -0.15) is 11.8 Å². The molecule has 32 heavy (non-hydrogen) atoms. The van der Waals surface area contributed by atoms with E-state index in [-0.39, 0.29) is 24.5 Å². The maximum atomic E-state index is 13.0. The Hall–Kier alpha value is -2.79. The molecule has 0 saturated heterocycles. The van der Waals surface area contributed by atoms with E-state index < -0.39 is 48.4 Å². The van der Waals surface area contributed by atoms with Gasteiger partial charge in [-0.05, 0) is 42.0 Å². The number of thioether (sulfide) groups is 1. The Morgan fingerprint density at radius 2 is 1.59 bits per heavy atom.